The third kappa shape index (κ3) is 2.51. The first-order chi connectivity index (χ1) is 8.09. The van der Waals surface area contributed by atoms with Gasteiger partial charge in [0.2, 0.25) is 0 Å². The molecule has 0 spiro atoms. The van der Waals surface area contributed by atoms with E-state index in [4.69, 9.17) is 23.2 Å². The Morgan fingerprint density at radius 3 is 2.29 bits per heavy atom. The van der Waals surface area contributed by atoms with E-state index >= 15 is 0 Å². The highest BCUT2D eigenvalue weighted by Crippen LogP contribution is 2.23. The van der Waals surface area contributed by atoms with E-state index in [1.54, 1.807) is 30.3 Å². The van der Waals surface area contributed by atoms with Crippen molar-refractivity contribution in [3.05, 3.63) is 69.2 Å². The molecule has 0 heterocycles. The molecule has 3 heteroatoms. The predicted molar refractivity (Wildman–Crippen MR) is 71.1 cm³/mol. The van der Waals surface area contributed by atoms with E-state index < -0.39 is 0 Å². The van der Waals surface area contributed by atoms with Gasteiger partial charge >= 0.3 is 0 Å². The average molecular weight is 265 g/mol. The molecule has 0 saturated carbocycles. The van der Waals surface area contributed by atoms with Gasteiger partial charge in [-0.25, -0.2) is 0 Å². The molecule has 17 heavy (non-hydrogen) atoms. The molecule has 1 nitrogen and oxygen atoms in total. The Morgan fingerprint density at radius 2 is 1.65 bits per heavy atom. The third-order valence-corrected chi connectivity index (χ3v) is 3.30. The Morgan fingerprint density at radius 1 is 1.00 bits per heavy atom. The molecule has 0 saturated heterocycles. The van der Waals surface area contributed by atoms with Gasteiger partial charge in [-0.15, -0.1) is 0 Å². The van der Waals surface area contributed by atoms with Gasteiger partial charge in [-0.2, -0.15) is 0 Å². The van der Waals surface area contributed by atoms with Crippen molar-refractivity contribution < 1.29 is 4.79 Å². The molecular formula is C14H10Cl2O. The number of carbonyl (C=O) groups excluding carboxylic acids is 1. The highest BCUT2D eigenvalue weighted by atomic mass is 35.5. The maximum absolute atomic E-state index is 12.2. The van der Waals surface area contributed by atoms with Crippen molar-refractivity contribution in [2.75, 3.05) is 0 Å². The molecule has 0 bridgehead atoms. The summed E-state index contributed by atoms with van der Waals surface area (Å²) < 4.78 is 0. The number of carbonyl (C=O) groups is 1. The first-order valence-electron chi connectivity index (χ1n) is 5.15. The standard InChI is InChI=1S/C14H10Cl2O/c1-9-3-2-4-12(13(9)16)14(17)10-5-7-11(15)8-6-10/h2-8H,1H3. The molecule has 0 aliphatic rings. The SMILES string of the molecule is Cc1cccc(C(=O)c2ccc(Cl)cc2)c1Cl. The van der Waals surface area contributed by atoms with Gasteiger partial charge < -0.3 is 0 Å². The van der Waals surface area contributed by atoms with Gasteiger partial charge in [0.1, 0.15) is 0 Å². The van der Waals surface area contributed by atoms with E-state index in [0.29, 0.717) is 21.2 Å². The second kappa shape index (κ2) is 4.91. The minimum absolute atomic E-state index is 0.0876. The molecule has 86 valence electrons. The van der Waals surface area contributed by atoms with Crippen LogP contribution >= 0.6 is 23.2 Å². The minimum atomic E-state index is -0.0876. The van der Waals surface area contributed by atoms with Crippen LogP contribution in [0.4, 0.5) is 0 Å². The maximum atomic E-state index is 12.2. The molecule has 2 aromatic carbocycles. The Hall–Kier alpha value is -1.31. The lowest BCUT2D eigenvalue weighted by molar-refractivity contribution is 0.103. The third-order valence-electron chi connectivity index (χ3n) is 2.54. The summed E-state index contributed by atoms with van der Waals surface area (Å²) in [6, 6.07) is 12.2. The Kier molecular flexibility index (Phi) is 3.51. The number of hydrogen-bond donors (Lipinski definition) is 0. The topological polar surface area (TPSA) is 17.1 Å². The van der Waals surface area contributed by atoms with Crippen LogP contribution in [0.15, 0.2) is 42.5 Å². The van der Waals surface area contributed by atoms with Crippen LogP contribution in [-0.2, 0) is 0 Å². The summed E-state index contributed by atoms with van der Waals surface area (Å²) in [5.74, 6) is -0.0876. The zero-order valence-electron chi connectivity index (χ0n) is 9.21. The van der Waals surface area contributed by atoms with Gasteiger partial charge in [0.25, 0.3) is 0 Å². The van der Waals surface area contributed by atoms with Crippen molar-refractivity contribution in [1.82, 2.24) is 0 Å². The van der Waals surface area contributed by atoms with Crippen molar-refractivity contribution in [1.29, 1.82) is 0 Å². The van der Waals surface area contributed by atoms with Gasteiger partial charge in [0.05, 0.1) is 5.02 Å². The van der Waals surface area contributed by atoms with Crippen LogP contribution < -0.4 is 0 Å². The fourth-order valence-corrected chi connectivity index (χ4v) is 1.92. The number of halogens is 2. The smallest absolute Gasteiger partial charge is 0.194 e. The first kappa shape index (κ1) is 12.2. The zero-order valence-corrected chi connectivity index (χ0v) is 10.7. The maximum Gasteiger partial charge on any atom is 0.194 e. The summed E-state index contributed by atoms with van der Waals surface area (Å²) in [7, 11) is 0. The number of ketones is 1. The molecule has 0 aromatic heterocycles. The van der Waals surface area contributed by atoms with Gasteiger partial charge in [-0.1, -0.05) is 35.3 Å². The molecule has 0 unspecified atom stereocenters. The van der Waals surface area contributed by atoms with E-state index in [9.17, 15) is 4.79 Å². The summed E-state index contributed by atoms with van der Waals surface area (Å²) in [5.41, 5.74) is 2.00. The van der Waals surface area contributed by atoms with Gasteiger partial charge in [0.15, 0.2) is 5.78 Å². The molecule has 0 amide bonds. The van der Waals surface area contributed by atoms with E-state index in [0.717, 1.165) is 5.56 Å². The van der Waals surface area contributed by atoms with Crippen molar-refractivity contribution in [2.24, 2.45) is 0 Å². The van der Waals surface area contributed by atoms with Crippen molar-refractivity contribution >= 4 is 29.0 Å². The van der Waals surface area contributed by atoms with Crippen molar-refractivity contribution in [2.45, 2.75) is 6.92 Å². The van der Waals surface area contributed by atoms with Crippen LogP contribution in [0.2, 0.25) is 10.0 Å². The Balaban J connectivity index is 2.44. The number of aryl methyl sites for hydroxylation is 1. The lowest BCUT2D eigenvalue weighted by Gasteiger charge is -2.05. The second-order valence-electron chi connectivity index (χ2n) is 3.77. The molecule has 0 N–H and O–H groups in total. The summed E-state index contributed by atoms with van der Waals surface area (Å²) in [5, 5.41) is 1.12. The fraction of sp³-hybridized carbons (Fsp3) is 0.0714. The minimum Gasteiger partial charge on any atom is -0.289 e. The summed E-state index contributed by atoms with van der Waals surface area (Å²) >= 11 is 11.9. The van der Waals surface area contributed by atoms with Crippen LogP contribution in [0.5, 0.6) is 0 Å². The zero-order chi connectivity index (χ0) is 12.4. The Labute approximate surface area is 110 Å². The number of hydrogen-bond acceptors (Lipinski definition) is 1. The molecule has 0 fully saturated rings. The van der Waals surface area contributed by atoms with E-state index in [1.807, 2.05) is 19.1 Å². The van der Waals surface area contributed by atoms with E-state index in [2.05, 4.69) is 0 Å². The number of benzene rings is 2. The molecule has 2 aromatic rings. The summed E-state index contributed by atoms with van der Waals surface area (Å²) in [4.78, 5) is 12.2. The molecular weight excluding hydrogens is 255 g/mol. The van der Waals surface area contributed by atoms with Crippen LogP contribution in [0.3, 0.4) is 0 Å². The molecule has 0 radical (unpaired) electrons. The van der Waals surface area contributed by atoms with Crippen LogP contribution in [0.25, 0.3) is 0 Å². The lowest BCUT2D eigenvalue weighted by atomic mass is 10.0. The molecule has 0 aliphatic carbocycles. The second-order valence-corrected chi connectivity index (χ2v) is 4.59. The molecule has 2 rings (SSSR count). The highest BCUT2D eigenvalue weighted by Gasteiger charge is 2.13. The van der Waals surface area contributed by atoms with Crippen LogP contribution in [0, 0.1) is 6.92 Å². The lowest BCUT2D eigenvalue weighted by Crippen LogP contribution is -2.02. The normalized spacial score (nSPS) is 10.3. The Bertz CT molecular complexity index is 559. The van der Waals surface area contributed by atoms with Gasteiger partial charge in [0, 0.05) is 16.1 Å². The van der Waals surface area contributed by atoms with E-state index in [-0.39, 0.29) is 5.78 Å². The molecule has 0 aliphatic heterocycles. The van der Waals surface area contributed by atoms with Crippen LogP contribution in [0.1, 0.15) is 21.5 Å². The van der Waals surface area contributed by atoms with E-state index in [1.165, 1.54) is 0 Å². The van der Waals surface area contributed by atoms with Crippen LogP contribution in [-0.4, -0.2) is 5.78 Å². The number of rotatable bonds is 2. The predicted octanol–water partition coefficient (Wildman–Crippen LogP) is 4.53. The first-order valence-corrected chi connectivity index (χ1v) is 5.90. The summed E-state index contributed by atoms with van der Waals surface area (Å²) in [6.45, 7) is 1.88. The van der Waals surface area contributed by atoms with Gasteiger partial charge in [-0.3, -0.25) is 4.79 Å². The average Bonchev–Trinajstić information content (AvgIpc) is 2.33. The fourth-order valence-electron chi connectivity index (χ4n) is 1.58. The largest absolute Gasteiger partial charge is 0.289 e. The van der Waals surface area contributed by atoms with Crippen molar-refractivity contribution in [3.8, 4) is 0 Å². The highest BCUT2D eigenvalue weighted by molar-refractivity contribution is 6.35. The quantitative estimate of drug-likeness (QED) is 0.729. The van der Waals surface area contributed by atoms with Gasteiger partial charge in [-0.05, 0) is 42.8 Å². The summed E-state index contributed by atoms with van der Waals surface area (Å²) in [6.07, 6.45) is 0. The monoisotopic (exact) mass is 264 g/mol. The molecule has 0 atom stereocenters. The van der Waals surface area contributed by atoms with Crippen molar-refractivity contribution in [3.63, 3.8) is 0 Å².